The molecule has 5 nitrogen and oxygen atoms in total. The van der Waals surface area contributed by atoms with E-state index in [-0.39, 0.29) is 12.6 Å². The molecular weight excluding hydrogens is 266 g/mol. The molecule has 1 saturated carbocycles. The Labute approximate surface area is 125 Å². The standard InChI is InChI=1S/C16H21N3O2/c1-12-3-2-8-16(21,9-12)11-18-15(20)19-14-6-4-13(10-17)5-7-14/h4-7,12,21H,2-3,8-9,11H2,1H3,(H2,18,19,20). The predicted octanol–water partition coefficient (Wildman–Crippen LogP) is 2.62. The van der Waals surface area contributed by atoms with Crippen LogP contribution in [0.1, 0.15) is 38.2 Å². The molecule has 0 aromatic heterocycles. The Morgan fingerprint density at radius 1 is 1.48 bits per heavy atom. The van der Waals surface area contributed by atoms with Gasteiger partial charge < -0.3 is 15.7 Å². The van der Waals surface area contributed by atoms with Crippen LogP contribution in [-0.4, -0.2) is 23.3 Å². The van der Waals surface area contributed by atoms with Crippen molar-refractivity contribution in [2.45, 2.75) is 38.2 Å². The van der Waals surface area contributed by atoms with Gasteiger partial charge in [-0.3, -0.25) is 0 Å². The quantitative estimate of drug-likeness (QED) is 0.799. The summed E-state index contributed by atoms with van der Waals surface area (Å²) in [4.78, 5) is 11.8. The Kier molecular flexibility index (Phi) is 4.81. The summed E-state index contributed by atoms with van der Waals surface area (Å²) in [5.74, 6) is 0.493. The first-order valence-corrected chi connectivity index (χ1v) is 7.28. The summed E-state index contributed by atoms with van der Waals surface area (Å²) >= 11 is 0. The Morgan fingerprint density at radius 3 is 2.81 bits per heavy atom. The number of rotatable bonds is 3. The fourth-order valence-electron chi connectivity index (χ4n) is 2.84. The van der Waals surface area contributed by atoms with E-state index in [1.54, 1.807) is 24.3 Å². The molecule has 1 fully saturated rings. The summed E-state index contributed by atoms with van der Waals surface area (Å²) < 4.78 is 0. The summed E-state index contributed by atoms with van der Waals surface area (Å²) in [6.45, 7) is 2.39. The molecule has 2 amide bonds. The average molecular weight is 287 g/mol. The van der Waals surface area contributed by atoms with Gasteiger partial charge >= 0.3 is 6.03 Å². The molecule has 1 aliphatic rings. The Balaban J connectivity index is 1.83. The highest BCUT2D eigenvalue weighted by molar-refractivity contribution is 5.89. The molecule has 0 heterocycles. The van der Waals surface area contributed by atoms with Crippen molar-refractivity contribution >= 4 is 11.7 Å². The van der Waals surface area contributed by atoms with Crippen LogP contribution in [0.5, 0.6) is 0 Å². The minimum absolute atomic E-state index is 0.263. The minimum atomic E-state index is -0.792. The second kappa shape index (κ2) is 6.59. The van der Waals surface area contributed by atoms with Crippen LogP contribution >= 0.6 is 0 Å². The van der Waals surface area contributed by atoms with Crippen molar-refractivity contribution in [2.24, 2.45) is 5.92 Å². The Hall–Kier alpha value is -2.06. The van der Waals surface area contributed by atoms with Gasteiger partial charge in [-0.2, -0.15) is 5.26 Å². The molecule has 1 aromatic carbocycles. The fourth-order valence-corrected chi connectivity index (χ4v) is 2.84. The zero-order chi connectivity index (χ0) is 15.3. The highest BCUT2D eigenvalue weighted by Crippen LogP contribution is 2.31. The van der Waals surface area contributed by atoms with Crippen LogP contribution in [0.2, 0.25) is 0 Å². The third kappa shape index (κ3) is 4.47. The van der Waals surface area contributed by atoms with Gasteiger partial charge in [-0.05, 0) is 43.0 Å². The number of nitrogens with one attached hydrogen (secondary N) is 2. The zero-order valence-electron chi connectivity index (χ0n) is 12.2. The minimum Gasteiger partial charge on any atom is -0.388 e. The van der Waals surface area contributed by atoms with E-state index in [9.17, 15) is 9.90 Å². The molecule has 0 radical (unpaired) electrons. The van der Waals surface area contributed by atoms with E-state index in [1.807, 2.05) is 6.07 Å². The van der Waals surface area contributed by atoms with Gasteiger partial charge in [-0.25, -0.2) is 4.79 Å². The van der Waals surface area contributed by atoms with Gasteiger partial charge in [0.15, 0.2) is 0 Å². The smallest absolute Gasteiger partial charge is 0.319 e. The number of hydrogen-bond acceptors (Lipinski definition) is 3. The Bertz CT molecular complexity index is 535. The summed E-state index contributed by atoms with van der Waals surface area (Å²) in [5.41, 5.74) is 0.376. The van der Waals surface area contributed by atoms with Gasteiger partial charge in [0, 0.05) is 12.2 Å². The number of carbonyl (C=O) groups is 1. The second-order valence-electron chi connectivity index (χ2n) is 5.92. The lowest BCUT2D eigenvalue weighted by molar-refractivity contribution is -0.00920. The first kappa shape index (κ1) is 15.3. The topological polar surface area (TPSA) is 85.2 Å². The van der Waals surface area contributed by atoms with Crippen LogP contribution in [0.15, 0.2) is 24.3 Å². The van der Waals surface area contributed by atoms with Crippen LogP contribution in [0.3, 0.4) is 0 Å². The van der Waals surface area contributed by atoms with E-state index in [1.165, 1.54) is 0 Å². The number of aliphatic hydroxyl groups is 1. The highest BCUT2D eigenvalue weighted by atomic mass is 16.3. The number of amides is 2. The summed E-state index contributed by atoms with van der Waals surface area (Å²) in [6.07, 6.45) is 3.59. The molecule has 1 aliphatic carbocycles. The first-order chi connectivity index (χ1) is 10.0. The zero-order valence-corrected chi connectivity index (χ0v) is 12.2. The lowest BCUT2D eigenvalue weighted by Crippen LogP contribution is -2.46. The molecule has 21 heavy (non-hydrogen) atoms. The molecule has 2 unspecified atom stereocenters. The number of urea groups is 1. The monoisotopic (exact) mass is 287 g/mol. The Morgan fingerprint density at radius 2 is 2.19 bits per heavy atom. The molecule has 2 rings (SSSR count). The van der Waals surface area contributed by atoms with E-state index < -0.39 is 5.60 Å². The molecule has 2 atom stereocenters. The van der Waals surface area contributed by atoms with Crippen molar-refractivity contribution in [2.75, 3.05) is 11.9 Å². The van der Waals surface area contributed by atoms with Gasteiger partial charge in [-0.1, -0.05) is 19.8 Å². The van der Waals surface area contributed by atoms with Crippen LogP contribution in [0, 0.1) is 17.2 Å². The SMILES string of the molecule is CC1CCCC(O)(CNC(=O)Nc2ccc(C#N)cc2)C1. The van der Waals surface area contributed by atoms with Crippen LogP contribution in [0.4, 0.5) is 10.5 Å². The number of nitrogens with zero attached hydrogens (tertiary/aromatic N) is 1. The lowest BCUT2D eigenvalue weighted by atomic mass is 9.79. The number of benzene rings is 1. The van der Waals surface area contributed by atoms with Crippen LogP contribution in [0.25, 0.3) is 0 Å². The van der Waals surface area contributed by atoms with Crippen molar-refractivity contribution in [1.29, 1.82) is 5.26 Å². The van der Waals surface area contributed by atoms with E-state index in [4.69, 9.17) is 5.26 Å². The van der Waals surface area contributed by atoms with E-state index in [0.29, 0.717) is 17.2 Å². The number of nitriles is 1. The highest BCUT2D eigenvalue weighted by Gasteiger charge is 2.32. The molecular formula is C16H21N3O2. The molecule has 112 valence electrons. The van der Waals surface area contributed by atoms with Crippen LogP contribution in [-0.2, 0) is 0 Å². The molecule has 3 N–H and O–H groups in total. The second-order valence-corrected chi connectivity index (χ2v) is 5.92. The third-order valence-corrected chi connectivity index (χ3v) is 3.92. The lowest BCUT2D eigenvalue weighted by Gasteiger charge is -2.35. The average Bonchev–Trinajstić information content (AvgIpc) is 2.46. The van der Waals surface area contributed by atoms with Crippen molar-refractivity contribution in [3.05, 3.63) is 29.8 Å². The maximum absolute atomic E-state index is 11.8. The molecule has 0 aliphatic heterocycles. The number of anilines is 1. The van der Waals surface area contributed by atoms with Gasteiger partial charge in [-0.15, -0.1) is 0 Å². The van der Waals surface area contributed by atoms with E-state index >= 15 is 0 Å². The van der Waals surface area contributed by atoms with Gasteiger partial charge in [0.05, 0.1) is 17.2 Å². The van der Waals surface area contributed by atoms with Crippen molar-refractivity contribution in [3.8, 4) is 6.07 Å². The molecule has 5 heteroatoms. The summed E-state index contributed by atoms with van der Waals surface area (Å²) in [5, 5.41) is 24.6. The summed E-state index contributed by atoms with van der Waals surface area (Å²) in [6, 6.07) is 8.32. The number of hydrogen-bond donors (Lipinski definition) is 3. The third-order valence-electron chi connectivity index (χ3n) is 3.92. The van der Waals surface area contributed by atoms with Crippen molar-refractivity contribution in [3.63, 3.8) is 0 Å². The maximum atomic E-state index is 11.8. The largest absolute Gasteiger partial charge is 0.388 e. The van der Waals surface area contributed by atoms with Gasteiger partial charge in [0.1, 0.15) is 0 Å². The fraction of sp³-hybridized carbons (Fsp3) is 0.500. The van der Waals surface area contributed by atoms with Crippen molar-refractivity contribution < 1.29 is 9.90 Å². The molecule has 0 bridgehead atoms. The summed E-state index contributed by atoms with van der Waals surface area (Å²) in [7, 11) is 0. The first-order valence-electron chi connectivity index (χ1n) is 7.28. The van der Waals surface area contributed by atoms with E-state index in [2.05, 4.69) is 17.6 Å². The maximum Gasteiger partial charge on any atom is 0.319 e. The van der Waals surface area contributed by atoms with Crippen molar-refractivity contribution in [1.82, 2.24) is 5.32 Å². The van der Waals surface area contributed by atoms with Crippen LogP contribution < -0.4 is 10.6 Å². The molecule has 1 aromatic rings. The number of carbonyl (C=O) groups excluding carboxylic acids is 1. The van der Waals surface area contributed by atoms with Gasteiger partial charge in [0.2, 0.25) is 0 Å². The molecule has 0 spiro atoms. The normalized spacial score (nSPS) is 24.9. The molecule has 0 saturated heterocycles. The predicted molar refractivity (Wildman–Crippen MR) is 80.8 cm³/mol. The van der Waals surface area contributed by atoms with E-state index in [0.717, 1.165) is 25.7 Å². The van der Waals surface area contributed by atoms with Gasteiger partial charge in [0.25, 0.3) is 0 Å².